The lowest BCUT2D eigenvalue weighted by molar-refractivity contribution is -0.147. The monoisotopic (exact) mass is 845 g/mol. The van der Waals surface area contributed by atoms with E-state index in [0.717, 1.165) is 24.5 Å². The molecule has 0 radical (unpaired) electrons. The molecule has 0 unspecified atom stereocenters. The van der Waals surface area contributed by atoms with Gasteiger partial charge < -0.3 is 29.4 Å². The van der Waals surface area contributed by atoms with E-state index in [1.807, 2.05) is 6.07 Å². The Kier molecular flexibility index (Phi) is 13.4. The minimum absolute atomic E-state index is 0.00388. The van der Waals surface area contributed by atoms with Crippen LogP contribution in [0.2, 0.25) is 0 Å². The van der Waals surface area contributed by atoms with E-state index in [4.69, 9.17) is 13.9 Å². The molecule has 1 saturated carbocycles. The van der Waals surface area contributed by atoms with Crippen LogP contribution >= 0.6 is 0 Å². The molecule has 3 amide bonds. The van der Waals surface area contributed by atoms with Gasteiger partial charge in [0.1, 0.15) is 41.4 Å². The molecule has 2 aliphatic rings. The van der Waals surface area contributed by atoms with Crippen molar-refractivity contribution in [1.29, 1.82) is 0 Å². The minimum Gasteiger partial charge on any atom is -0.461 e. The molecular weight excluding hydrogens is 793 g/mol. The fourth-order valence-corrected chi connectivity index (χ4v) is 7.10. The number of Topliss-reactive ketones (excluding diaryl/α,β-unsaturated/α-hetero) is 1. The predicted octanol–water partition coefficient (Wildman–Crippen LogP) is 6.72. The third kappa shape index (κ3) is 11.9. The molecule has 1 aromatic carbocycles. The fourth-order valence-electron chi connectivity index (χ4n) is 7.10. The summed E-state index contributed by atoms with van der Waals surface area (Å²) < 4.78 is 46.1. The van der Waals surface area contributed by atoms with Crippen LogP contribution in [-0.2, 0) is 43.2 Å². The van der Waals surface area contributed by atoms with Gasteiger partial charge in [0.15, 0.2) is 5.78 Å². The Morgan fingerprint density at radius 2 is 1.74 bits per heavy atom. The van der Waals surface area contributed by atoms with Gasteiger partial charge in [0.05, 0.1) is 12.2 Å². The molecule has 61 heavy (non-hydrogen) atoms. The molecule has 2 N–H and O–H groups in total. The van der Waals surface area contributed by atoms with Crippen LogP contribution in [0, 0.1) is 11.3 Å². The van der Waals surface area contributed by atoms with E-state index in [1.54, 1.807) is 78.1 Å². The van der Waals surface area contributed by atoms with Gasteiger partial charge in [-0.25, -0.2) is 23.2 Å². The van der Waals surface area contributed by atoms with Crippen molar-refractivity contribution in [1.82, 2.24) is 35.3 Å². The van der Waals surface area contributed by atoms with Crippen molar-refractivity contribution in [3.63, 3.8) is 0 Å². The summed E-state index contributed by atoms with van der Waals surface area (Å²) in [5.41, 5.74) is 0.553. The molecule has 1 aliphatic heterocycles. The first-order valence-corrected chi connectivity index (χ1v) is 20.4. The van der Waals surface area contributed by atoms with Gasteiger partial charge in [-0.3, -0.25) is 24.2 Å². The number of rotatable bonds is 15. The van der Waals surface area contributed by atoms with Crippen molar-refractivity contribution < 1.29 is 46.6 Å². The second kappa shape index (κ2) is 18.3. The first-order valence-electron chi connectivity index (χ1n) is 20.4. The summed E-state index contributed by atoms with van der Waals surface area (Å²) in [7, 11) is 0. The highest BCUT2D eigenvalue weighted by molar-refractivity contribution is 5.96. The number of oxazole rings is 1. The molecule has 3 atom stereocenters. The molecule has 17 heteroatoms. The molecular formula is C44H53F2N7O8. The number of carbonyl (C=O) groups excluding carboxylic acids is 5. The summed E-state index contributed by atoms with van der Waals surface area (Å²) in [6.07, 6.45) is 3.84. The molecule has 2 fully saturated rings. The minimum atomic E-state index is -2.95. The molecule has 1 saturated heterocycles. The molecule has 0 spiro atoms. The smallest absolute Gasteiger partial charge is 0.408 e. The van der Waals surface area contributed by atoms with E-state index in [0.29, 0.717) is 16.8 Å². The zero-order valence-corrected chi connectivity index (χ0v) is 35.5. The highest BCUT2D eigenvalue weighted by atomic mass is 19.3. The SMILES string of the molecule is CC(=O)O[C@@H]1C[C@@H](C(=O)NCc2ccc(-n3cc(CC(=O)c4coc(-c5ccnc(CCC6CC6)c5)n4)c(C(F)F)n3)cc2)N(C(=O)[C@@H](NC(=O)OC(C)(C)C)C(C)(C)C)C1. The summed E-state index contributed by atoms with van der Waals surface area (Å²) in [4.78, 5) is 75.7. The van der Waals surface area contributed by atoms with Crippen LogP contribution in [0.25, 0.3) is 17.1 Å². The highest BCUT2D eigenvalue weighted by Gasteiger charge is 2.46. The number of alkyl halides is 2. The highest BCUT2D eigenvalue weighted by Crippen LogP contribution is 2.34. The number of aryl methyl sites for hydroxylation is 1. The lowest BCUT2D eigenvalue weighted by atomic mass is 9.85. The summed E-state index contributed by atoms with van der Waals surface area (Å²) in [6, 6.07) is 8.15. The van der Waals surface area contributed by atoms with Gasteiger partial charge in [-0.1, -0.05) is 45.7 Å². The Morgan fingerprint density at radius 3 is 2.38 bits per heavy atom. The first-order chi connectivity index (χ1) is 28.7. The number of nitrogens with one attached hydrogen (secondary N) is 2. The largest absolute Gasteiger partial charge is 0.461 e. The molecule has 4 heterocycles. The van der Waals surface area contributed by atoms with Crippen LogP contribution in [0.15, 0.2) is 59.5 Å². The summed E-state index contributed by atoms with van der Waals surface area (Å²) in [5.74, 6) is -1.13. The maximum absolute atomic E-state index is 14.2. The number of esters is 1. The second-order valence-electron chi connectivity index (χ2n) is 17.7. The summed E-state index contributed by atoms with van der Waals surface area (Å²) in [6.45, 7) is 11.6. The number of carbonyl (C=O) groups is 5. The number of pyridine rings is 1. The quantitative estimate of drug-likeness (QED) is 0.0956. The maximum atomic E-state index is 14.2. The van der Waals surface area contributed by atoms with Crippen LogP contribution in [0.5, 0.6) is 0 Å². The molecule has 4 aromatic rings. The number of likely N-dealkylation sites (tertiary alicyclic amines) is 1. The van der Waals surface area contributed by atoms with Crippen LogP contribution in [0.4, 0.5) is 13.6 Å². The number of alkyl carbamates (subject to hydrolysis) is 1. The number of hydrogen-bond acceptors (Lipinski definition) is 11. The number of halogens is 2. The number of aromatic nitrogens is 4. The summed E-state index contributed by atoms with van der Waals surface area (Å²) >= 11 is 0. The maximum Gasteiger partial charge on any atom is 0.408 e. The standard InChI is InChI=1S/C44H53F2N7O8/c1-25(54)60-32-20-34(52(23-32)41(57)37(43(2,3)4)50-42(58)61-44(5,6)7)39(56)48-21-27-11-14-31(15-12-27)53-22-29(36(51-53)38(45)46)19-35(55)33-24-59-40(49-33)28-16-17-47-30(18-28)13-10-26-8-9-26/h11-12,14-18,22,24,26,32,34,37-38H,8-10,13,19-21,23H2,1-7H3,(H,48,56)(H,50,58)/t32-,34+,37-/m1/s1. The topological polar surface area (TPSA) is 188 Å². The van der Waals surface area contributed by atoms with Crippen molar-refractivity contribution in [2.45, 2.75) is 124 Å². The average Bonchev–Trinajstić information content (AvgIpc) is 3.51. The van der Waals surface area contributed by atoms with Gasteiger partial charge in [-0.15, -0.1) is 0 Å². The second-order valence-corrected chi connectivity index (χ2v) is 17.7. The molecule has 3 aromatic heterocycles. The number of benzene rings is 1. The van der Waals surface area contributed by atoms with Crippen molar-refractivity contribution in [2.75, 3.05) is 6.54 Å². The van der Waals surface area contributed by atoms with Crippen LogP contribution in [0.3, 0.4) is 0 Å². The molecule has 326 valence electrons. The van der Waals surface area contributed by atoms with E-state index in [-0.39, 0.29) is 43.1 Å². The van der Waals surface area contributed by atoms with Crippen molar-refractivity contribution in [3.8, 4) is 17.1 Å². The van der Waals surface area contributed by atoms with Crippen LogP contribution < -0.4 is 10.6 Å². The molecule has 6 rings (SSSR count). The zero-order chi connectivity index (χ0) is 44.2. The summed E-state index contributed by atoms with van der Waals surface area (Å²) in [5, 5.41) is 9.58. The Bertz CT molecular complexity index is 2240. The van der Waals surface area contributed by atoms with Crippen LogP contribution in [-0.4, -0.2) is 84.6 Å². The lowest BCUT2D eigenvalue weighted by Gasteiger charge is -2.35. The Hall–Kier alpha value is -6.00. The Balaban J connectivity index is 1.10. The van der Waals surface area contributed by atoms with Crippen molar-refractivity contribution >= 4 is 29.7 Å². The fraction of sp³-hybridized carbons (Fsp3) is 0.500. The van der Waals surface area contributed by atoms with Gasteiger partial charge in [-0.2, -0.15) is 5.10 Å². The average molecular weight is 846 g/mol. The van der Waals surface area contributed by atoms with Crippen molar-refractivity contribution in [2.24, 2.45) is 11.3 Å². The normalized spacial score (nSPS) is 17.2. The van der Waals surface area contributed by atoms with Gasteiger partial charge in [-0.05, 0) is 74.8 Å². The Labute approximate surface area is 353 Å². The van der Waals surface area contributed by atoms with E-state index >= 15 is 0 Å². The van der Waals surface area contributed by atoms with Crippen molar-refractivity contribution in [3.05, 3.63) is 83.3 Å². The first kappa shape index (κ1) is 44.5. The van der Waals surface area contributed by atoms with Gasteiger partial charge in [0.25, 0.3) is 6.43 Å². The number of amides is 3. The zero-order valence-electron chi connectivity index (χ0n) is 35.5. The molecule has 15 nitrogen and oxygen atoms in total. The van der Waals surface area contributed by atoms with Gasteiger partial charge >= 0.3 is 12.1 Å². The van der Waals surface area contributed by atoms with Crippen LogP contribution in [0.1, 0.15) is 114 Å². The number of hydrogen-bond donors (Lipinski definition) is 2. The number of ether oxygens (including phenoxy) is 2. The van der Waals surface area contributed by atoms with Gasteiger partial charge in [0, 0.05) is 55.5 Å². The van der Waals surface area contributed by atoms with E-state index in [2.05, 4.69) is 25.7 Å². The lowest BCUT2D eigenvalue weighted by Crippen LogP contribution is -2.58. The van der Waals surface area contributed by atoms with E-state index < -0.39 is 71.0 Å². The third-order valence-electron chi connectivity index (χ3n) is 10.4. The van der Waals surface area contributed by atoms with E-state index in [1.165, 1.54) is 41.8 Å². The number of ketones is 1. The number of nitrogens with zero attached hydrogens (tertiary/aromatic N) is 5. The third-order valence-corrected chi connectivity index (χ3v) is 10.4. The predicted molar refractivity (Wildman–Crippen MR) is 217 cm³/mol. The van der Waals surface area contributed by atoms with E-state index in [9.17, 15) is 32.8 Å². The molecule has 1 aliphatic carbocycles. The Morgan fingerprint density at radius 1 is 1.02 bits per heavy atom. The van der Waals surface area contributed by atoms with Gasteiger partial charge in [0.2, 0.25) is 17.7 Å². The molecule has 0 bridgehead atoms.